The van der Waals surface area contributed by atoms with Gasteiger partial charge in [-0.05, 0) is 31.0 Å². The average Bonchev–Trinajstić information content (AvgIpc) is 2.35. The number of nitrogens with one attached hydrogen (secondary N) is 2. The third-order valence-electron chi connectivity index (χ3n) is 2.77. The lowest BCUT2D eigenvalue weighted by molar-refractivity contribution is -0.122. The molecule has 94 valence electrons. The quantitative estimate of drug-likeness (QED) is 0.848. The molecule has 0 saturated carbocycles. The van der Waals surface area contributed by atoms with Crippen molar-refractivity contribution >= 4 is 17.5 Å². The van der Waals surface area contributed by atoms with Gasteiger partial charge in [-0.2, -0.15) is 0 Å². The number of carbonyl (C=O) groups is 1. The first-order valence-electron chi connectivity index (χ1n) is 5.81. The summed E-state index contributed by atoms with van der Waals surface area (Å²) in [5, 5.41) is 6.66. The molecule has 3 nitrogen and oxygen atoms in total. The number of carbonyl (C=O) groups excluding carboxylic acids is 1. The van der Waals surface area contributed by atoms with Crippen LogP contribution < -0.4 is 10.6 Å². The van der Waals surface area contributed by atoms with Gasteiger partial charge in [-0.3, -0.25) is 10.1 Å². The summed E-state index contributed by atoms with van der Waals surface area (Å²) in [5.41, 5.74) is 1.15. The number of amides is 1. The first-order chi connectivity index (χ1) is 8.08. The predicted molar refractivity (Wildman–Crippen MR) is 71.1 cm³/mol. The van der Waals surface area contributed by atoms with Crippen LogP contribution in [0.5, 0.6) is 0 Å². The monoisotopic (exact) mass is 254 g/mol. The third-order valence-corrected chi connectivity index (χ3v) is 3.02. The Morgan fingerprint density at radius 2 is 1.94 bits per heavy atom. The maximum atomic E-state index is 11.5. The second-order valence-corrected chi connectivity index (χ2v) is 4.45. The third kappa shape index (κ3) is 4.02. The summed E-state index contributed by atoms with van der Waals surface area (Å²) >= 11 is 5.85. The highest BCUT2D eigenvalue weighted by Crippen LogP contribution is 2.19. The van der Waals surface area contributed by atoms with E-state index < -0.39 is 0 Å². The van der Waals surface area contributed by atoms with Gasteiger partial charge in [-0.1, -0.05) is 30.7 Å². The van der Waals surface area contributed by atoms with E-state index in [-0.39, 0.29) is 18.0 Å². The average molecular weight is 255 g/mol. The van der Waals surface area contributed by atoms with Crippen molar-refractivity contribution in [2.45, 2.75) is 32.4 Å². The molecule has 1 aromatic carbocycles. The van der Waals surface area contributed by atoms with Crippen LogP contribution in [0.4, 0.5) is 0 Å². The molecule has 0 aliphatic carbocycles. The van der Waals surface area contributed by atoms with Gasteiger partial charge in [0.25, 0.3) is 0 Å². The van der Waals surface area contributed by atoms with Crippen LogP contribution in [0.2, 0.25) is 5.02 Å². The number of benzene rings is 1. The second-order valence-electron chi connectivity index (χ2n) is 4.01. The molecule has 0 heterocycles. The van der Waals surface area contributed by atoms with Crippen molar-refractivity contribution in [2.75, 3.05) is 7.05 Å². The fourth-order valence-electron chi connectivity index (χ4n) is 1.74. The number of hydrogen-bond acceptors (Lipinski definition) is 2. The normalized spacial score (nSPS) is 14.1. The molecule has 0 aliphatic rings. The Labute approximate surface area is 108 Å². The summed E-state index contributed by atoms with van der Waals surface area (Å²) in [6.07, 6.45) is 0.920. The Balaban J connectivity index is 2.71. The Morgan fingerprint density at radius 1 is 1.35 bits per heavy atom. The number of likely N-dealkylation sites (N-methyl/N-ethyl adjacent to an activating group) is 1. The molecule has 0 fully saturated rings. The number of halogens is 1. The Bertz CT molecular complexity index is 364. The van der Waals surface area contributed by atoms with Crippen LogP contribution in [0.3, 0.4) is 0 Å². The highest BCUT2D eigenvalue weighted by atomic mass is 35.5. The standard InChI is InChI=1S/C13H19ClN2O/c1-4-12(16-9(2)13(17)15-3)10-5-7-11(14)8-6-10/h5-9,12,16H,4H2,1-3H3,(H,15,17). The van der Waals surface area contributed by atoms with E-state index in [9.17, 15) is 4.79 Å². The molecule has 0 bridgehead atoms. The molecule has 0 aromatic heterocycles. The van der Waals surface area contributed by atoms with E-state index in [1.807, 2.05) is 31.2 Å². The zero-order chi connectivity index (χ0) is 12.8. The van der Waals surface area contributed by atoms with E-state index >= 15 is 0 Å². The van der Waals surface area contributed by atoms with Crippen molar-refractivity contribution < 1.29 is 4.79 Å². The Kier molecular flexibility index (Phi) is 5.45. The summed E-state index contributed by atoms with van der Waals surface area (Å²) in [4.78, 5) is 11.5. The van der Waals surface area contributed by atoms with Gasteiger partial charge < -0.3 is 5.32 Å². The molecule has 0 saturated heterocycles. The molecule has 1 rings (SSSR count). The van der Waals surface area contributed by atoms with Gasteiger partial charge in [-0.25, -0.2) is 0 Å². The van der Waals surface area contributed by atoms with Crippen LogP contribution in [0, 0.1) is 0 Å². The molecule has 0 aliphatic heterocycles. The largest absolute Gasteiger partial charge is 0.358 e. The lowest BCUT2D eigenvalue weighted by atomic mass is 10.0. The van der Waals surface area contributed by atoms with Crippen molar-refractivity contribution in [2.24, 2.45) is 0 Å². The minimum absolute atomic E-state index is 0.00239. The summed E-state index contributed by atoms with van der Waals surface area (Å²) in [7, 11) is 1.64. The Hall–Kier alpha value is -1.06. The van der Waals surface area contributed by atoms with Crippen LogP contribution >= 0.6 is 11.6 Å². The topological polar surface area (TPSA) is 41.1 Å². The van der Waals surface area contributed by atoms with Crippen molar-refractivity contribution in [1.82, 2.24) is 10.6 Å². The van der Waals surface area contributed by atoms with Gasteiger partial charge in [0.2, 0.25) is 5.91 Å². The molecule has 0 radical (unpaired) electrons. The summed E-state index contributed by atoms with van der Waals surface area (Å²) in [6, 6.07) is 7.66. The fourth-order valence-corrected chi connectivity index (χ4v) is 1.86. The van der Waals surface area contributed by atoms with Crippen LogP contribution in [0.25, 0.3) is 0 Å². The number of rotatable bonds is 5. The first-order valence-corrected chi connectivity index (χ1v) is 6.19. The maximum absolute atomic E-state index is 11.5. The minimum Gasteiger partial charge on any atom is -0.358 e. The van der Waals surface area contributed by atoms with Crippen LogP contribution in [-0.4, -0.2) is 19.0 Å². The van der Waals surface area contributed by atoms with Crippen molar-refractivity contribution in [1.29, 1.82) is 0 Å². The molecule has 1 amide bonds. The van der Waals surface area contributed by atoms with Crippen molar-refractivity contribution in [3.8, 4) is 0 Å². The molecular formula is C13H19ClN2O. The molecular weight excluding hydrogens is 236 g/mol. The lowest BCUT2D eigenvalue weighted by Gasteiger charge is -2.21. The van der Waals surface area contributed by atoms with Gasteiger partial charge in [0.1, 0.15) is 0 Å². The highest BCUT2D eigenvalue weighted by Gasteiger charge is 2.16. The minimum atomic E-state index is -0.208. The van der Waals surface area contributed by atoms with E-state index in [4.69, 9.17) is 11.6 Å². The highest BCUT2D eigenvalue weighted by molar-refractivity contribution is 6.30. The van der Waals surface area contributed by atoms with E-state index in [1.165, 1.54) is 0 Å². The van der Waals surface area contributed by atoms with Gasteiger partial charge in [0, 0.05) is 18.1 Å². The van der Waals surface area contributed by atoms with Gasteiger partial charge in [0.05, 0.1) is 6.04 Å². The molecule has 17 heavy (non-hydrogen) atoms. The lowest BCUT2D eigenvalue weighted by Crippen LogP contribution is -2.42. The molecule has 2 unspecified atom stereocenters. The molecule has 0 spiro atoms. The zero-order valence-corrected chi connectivity index (χ0v) is 11.2. The summed E-state index contributed by atoms with van der Waals surface area (Å²) in [5.74, 6) is -0.00239. The zero-order valence-electron chi connectivity index (χ0n) is 10.5. The van der Waals surface area contributed by atoms with E-state index in [2.05, 4.69) is 17.6 Å². The molecule has 1 aromatic rings. The smallest absolute Gasteiger partial charge is 0.236 e. The van der Waals surface area contributed by atoms with Gasteiger partial charge in [-0.15, -0.1) is 0 Å². The molecule has 2 atom stereocenters. The Morgan fingerprint density at radius 3 is 2.41 bits per heavy atom. The van der Waals surface area contributed by atoms with Crippen LogP contribution in [0.1, 0.15) is 31.9 Å². The van der Waals surface area contributed by atoms with E-state index in [0.29, 0.717) is 0 Å². The predicted octanol–water partition coefficient (Wildman–Crippen LogP) is 2.52. The van der Waals surface area contributed by atoms with Crippen LogP contribution in [-0.2, 0) is 4.79 Å². The number of hydrogen-bond donors (Lipinski definition) is 2. The maximum Gasteiger partial charge on any atom is 0.236 e. The van der Waals surface area contributed by atoms with Gasteiger partial charge in [0.15, 0.2) is 0 Å². The summed E-state index contributed by atoms with van der Waals surface area (Å²) in [6.45, 7) is 3.94. The van der Waals surface area contributed by atoms with E-state index in [0.717, 1.165) is 17.0 Å². The van der Waals surface area contributed by atoms with Crippen molar-refractivity contribution in [3.63, 3.8) is 0 Å². The first kappa shape index (κ1) is 14.0. The van der Waals surface area contributed by atoms with Crippen LogP contribution in [0.15, 0.2) is 24.3 Å². The second kappa shape index (κ2) is 6.62. The molecule has 4 heteroatoms. The molecule has 2 N–H and O–H groups in total. The summed E-state index contributed by atoms with van der Waals surface area (Å²) < 4.78 is 0. The SMILES string of the molecule is CCC(NC(C)C(=O)NC)c1ccc(Cl)cc1. The van der Waals surface area contributed by atoms with E-state index in [1.54, 1.807) is 7.05 Å². The fraction of sp³-hybridized carbons (Fsp3) is 0.462. The van der Waals surface area contributed by atoms with Crippen molar-refractivity contribution in [3.05, 3.63) is 34.9 Å². The van der Waals surface area contributed by atoms with Gasteiger partial charge >= 0.3 is 0 Å².